The Bertz CT molecular complexity index is 1080. The summed E-state index contributed by atoms with van der Waals surface area (Å²) >= 11 is 0. The Morgan fingerprint density at radius 1 is 1.07 bits per heavy atom. The van der Waals surface area contributed by atoms with Crippen molar-refractivity contribution in [2.24, 2.45) is 0 Å². The first kappa shape index (κ1) is 17.2. The molecule has 3 N–H and O–H groups in total. The van der Waals surface area contributed by atoms with E-state index in [1.54, 1.807) is 6.20 Å². The molecule has 0 spiro atoms. The third kappa shape index (κ3) is 3.68. The smallest absolute Gasteiger partial charge is 0.227 e. The van der Waals surface area contributed by atoms with Crippen LogP contribution in [0.3, 0.4) is 0 Å². The normalized spacial score (nSPS) is 11.4. The number of nitrogens with one attached hydrogen (secondary N) is 3. The highest BCUT2D eigenvalue weighted by atomic mass is 15.1. The largest absolute Gasteiger partial charge is 0.383 e. The minimum Gasteiger partial charge on any atom is -0.383 e. The summed E-state index contributed by atoms with van der Waals surface area (Å²) < 4.78 is 0. The van der Waals surface area contributed by atoms with Gasteiger partial charge in [-0.3, -0.25) is 5.10 Å². The summed E-state index contributed by atoms with van der Waals surface area (Å²) in [5.41, 5.74) is 5.08. The van der Waals surface area contributed by atoms with Crippen molar-refractivity contribution in [3.63, 3.8) is 0 Å². The fourth-order valence-electron chi connectivity index (χ4n) is 3.05. The van der Waals surface area contributed by atoms with Crippen molar-refractivity contribution >= 4 is 39.1 Å². The van der Waals surface area contributed by atoms with E-state index in [-0.39, 0.29) is 0 Å². The highest BCUT2D eigenvalue weighted by molar-refractivity contribution is 5.87. The van der Waals surface area contributed by atoms with Crippen LogP contribution < -0.4 is 10.6 Å². The molecule has 2 aromatic carbocycles. The molecule has 7 heteroatoms. The number of nitrogens with zero attached hydrogens (tertiary/aromatic N) is 4. The van der Waals surface area contributed by atoms with Gasteiger partial charge in [0, 0.05) is 41.4 Å². The lowest BCUT2D eigenvalue weighted by atomic mass is 10.1. The van der Waals surface area contributed by atoms with Crippen LogP contribution in [0.1, 0.15) is 5.56 Å². The molecule has 0 amide bonds. The van der Waals surface area contributed by atoms with Gasteiger partial charge in [0.1, 0.15) is 0 Å². The molecule has 0 atom stereocenters. The minimum absolute atomic E-state index is 0.579. The van der Waals surface area contributed by atoms with Gasteiger partial charge in [0.2, 0.25) is 5.95 Å². The van der Waals surface area contributed by atoms with E-state index in [1.165, 1.54) is 0 Å². The first-order valence-electron chi connectivity index (χ1n) is 8.95. The zero-order valence-electron chi connectivity index (χ0n) is 15.7. The average molecular weight is 361 g/mol. The maximum Gasteiger partial charge on any atom is 0.227 e. The molecule has 2 aromatic heterocycles. The topological polar surface area (TPSA) is 81.8 Å². The highest BCUT2D eigenvalue weighted by Crippen LogP contribution is 2.25. The van der Waals surface area contributed by atoms with Crippen LogP contribution in [0.2, 0.25) is 0 Å². The fourth-order valence-corrected chi connectivity index (χ4v) is 3.05. The number of fused-ring (bicyclic) bond motifs is 2. The van der Waals surface area contributed by atoms with Gasteiger partial charge in [-0.15, -0.1) is 0 Å². The van der Waals surface area contributed by atoms with Gasteiger partial charge in [0.05, 0.1) is 17.2 Å². The first-order chi connectivity index (χ1) is 13.1. The molecule has 0 aliphatic carbocycles. The van der Waals surface area contributed by atoms with Crippen LogP contribution in [0.5, 0.6) is 0 Å². The average Bonchev–Trinajstić information content (AvgIpc) is 3.11. The van der Waals surface area contributed by atoms with Crippen LogP contribution in [-0.2, 0) is 0 Å². The van der Waals surface area contributed by atoms with Gasteiger partial charge >= 0.3 is 0 Å². The van der Waals surface area contributed by atoms with Gasteiger partial charge in [-0.25, -0.2) is 9.97 Å². The van der Waals surface area contributed by atoms with E-state index in [2.05, 4.69) is 63.9 Å². The molecular weight excluding hydrogens is 338 g/mol. The molecular formula is C20H23N7. The summed E-state index contributed by atoms with van der Waals surface area (Å²) in [5.74, 6) is 0.579. The molecule has 4 aromatic rings. The summed E-state index contributed by atoms with van der Waals surface area (Å²) in [6.07, 6.45) is 3.66. The van der Waals surface area contributed by atoms with Crippen LogP contribution in [-0.4, -0.2) is 52.3 Å². The van der Waals surface area contributed by atoms with Gasteiger partial charge in [0.25, 0.3) is 0 Å². The molecule has 138 valence electrons. The Morgan fingerprint density at radius 2 is 1.93 bits per heavy atom. The number of hydrogen-bond acceptors (Lipinski definition) is 6. The number of benzene rings is 2. The number of rotatable bonds is 6. The summed E-state index contributed by atoms with van der Waals surface area (Å²) in [6, 6.07) is 10.2. The lowest BCUT2D eigenvalue weighted by Crippen LogP contribution is -2.21. The predicted molar refractivity (Wildman–Crippen MR) is 111 cm³/mol. The lowest BCUT2D eigenvalue weighted by Gasteiger charge is -2.14. The van der Waals surface area contributed by atoms with Crippen molar-refractivity contribution in [1.82, 2.24) is 25.1 Å². The second-order valence-electron chi connectivity index (χ2n) is 6.90. The van der Waals surface area contributed by atoms with Crippen LogP contribution in [0.4, 0.5) is 17.3 Å². The quantitative estimate of drug-likeness (QED) is 0.487. The Balaban J connectivity index is 1.60. The van der Waals surface area contributed by atoms with Crippen molar-refractivity contribution in [3.8, 4) is 0 Å². The Morgan fingerprint density at radius 3 is 2.78 bits per heavy atom. The second-order valence-corrected chi connectivity index (χ2v) is 6.90. The summed E-state index contributed by atoms with van der Waals surface area (Å²) in [7, 11) is 4.14. The third-order valence-corrected chi connectivity index (χ3v) is 4.58. The highest BCUT2D eigenvalue weighted by Gasteiger charge is 2.08. The molecule has 0 aliphatic rings. The van der Waals surface area contributed by atoms with E-state index < -0.39 is 0 Å². The van der Waals surface area contributed by atoms with Crippen molar-refractivity contribution in [1.29, 1.82) is 0 Å². The number of aromatic nitrogens is 4. The van der Waals surface area contributed by atoms with E-state index >= 15 is 0 Å². The van der Waals surface area contributed by atoms with Gasteiger partial charge in [-0.2, -0.15) is 5.10 Å². The SMILES string of the molecule is Cc1c(NCCN(C)C)ccc2cnc(Nc3ccc4cn[nH]c4c3)nc12. The molecule has 7 nitrogen and oxygen atoms in total. The van der Waals surface area contributed by atoms with Gasteiger partial charge in [0.15, 0.2) is 0 Å². The lowest BCUT2D eigenvalue weighted by molar-refractivity contribution is 0.425. The molecule has 0 aliphatic heterocycles. The maximum atomic E-state index is 4.74. The molecule has 0 saturated heterocycles. The zero-order valence-corrected chi connectivity index (χ0v) is 15.7. The van der Waals surface area contributed by atoms with E-state index in [1.807, 2.05) is 24.4 Å². The standard InChI is InChI=1S/C20H23N7/c1-13-17(21-8-9-27(2)3)7-5-15-11-22-20(25-19(13)15)24-16-6-4-14-12-23-26-18(14)10-16/h4-7,10-12,21H,8-9H2,1-3H3,(H,23,26)(H,22,24,25). The number of aryl methyl sites for hydroxylation is 1. The van der Waals surface area contributed by atoms with Crippen molar-refractivity contribution in [2.45, 2.75) is 6.92 Å². The molecule has 0 unspecified atom stereocenters. The molecule has 0 radical (unpaired) electrons. The van der Waals surface area contributed by atoms with Crippen LogP contribution in [0.15, 0.2) is 42.7 Å². The monoisotopic (exact) mass is 361 g/mol. The summed E-state index contributed by atoms with van der Waals surface area (Å²) in [6.45, 7) is 3.96. The molecule has 0 bridgehead atoms. The molecule has 27 heavy (non-hydrogen) atoms. The van der Waals surface area contributed by atoms with E-state index in [9.17, 15) is 0 Å². The van der Waals surface area contributed by atoms with E-state index in [0.717, 1.165) is 51.8 Å². The number of hydrogen-bond donors (Lipinski definition) is 3. The fraction of sp³-hybridized carbons (Fsp3) is 0.250. The van der Waals surface area contributed by atoms with Gasteiger partial charge in [-0.05, 0) is 56.9 Å². The Kier molecular flexibility index (Phi) is 4.60. The zero-order chi connectivity index (χ0) is 18.8. The third-order valence-electron chi connectivity index (χ3n) is 4.58. The second kappa shape index (κ2) is 7.20. The van der Waals surface area contributed by atoms with E-state index in [0.29, 0.717) is 5.95 Å². The number of aromatic amines is 1. The number of likely N-dealkylation sites (N-methyl/N-ethyl adjacent to an activating group) is 1. The van der Waals surface area contributed by atoms with Crippen LogP contribution >= 0.6 is 0 Å². The first-order valence-corrected chi connectivity index (χ1v) is 8.95. The van der Waals surface area contributed by atoms with Crippen molar-refractivity contribution in [2.75, 3.05) is 37.8 Å². The van der Waals surface area contributed by atoms with Crippen molar-refractivity contribution in [3.05, 3.63) is 48.3 Å². The number of anilines is 3. The Hall–Kier alpha value is -3.19. The van der Waals surface area contributed by atoms with Crippen LogP contribution in [0.25, 0.3) is 21.8 Å². The van der Waals surface area contributed by atoms with E-state index in [4.69, 9.17) is 4.98 Å². The summed E-state index contributed by atoms with van der Waals surface area (Å²) in [4.78, 5) is 11.4. The molecule has 0 saturated carbocycles. The molecule has 4 rings (SSSR count). The maximum absolute atomic E-state index is 4.74. The number of H-pyrrole nitrogens is 1. The summed E-state index contributed by atoms with van der Waals surface area (Å²) in [5, 5.41) is 15.9. The van der Waals surface area contributed by atoms with Crippen LogP contribution in [0, 0.1) is 6.92 Å². The van der Waals surface area contributed by atoms with Crippen molar-refractivity contribution < 1.29 is 0 Å². The van der Waals surface area contributed by atoms with Gasteiger partial charge < -0.3 is 15.5 Å². The molecule has 2 heterocycles. The minimum atomic E-state index is 0.579. The Labute approximate surface area is 157 Å². The predicted octanol–water partition coefficient (Wildman–Crippen LogP) is 3.53. The molecule has 0 fully saturated rings. The van der Waals surface area contributed by atoms with Gasteiger partial charge in [-0.1, -0.05) is 0 Å².